The number of hydrogen-bond acceptors (Lipinski definition) is 5. The van der Waals surface area contributed by atoms with E-state index in [1.165, 1.54) is 12.1 Å². The number of carbonyl (C=O) groups is 1. The number of carbonyl (C=O) groups excluding carboxylic acids is 1. The van der Waals surface area contributed by atoms with Crippen LogP contribution in [0.3, 0.4) is 0 Å². The average Bonchev–Trinajstić information content (AvgIpc) is 2.69. The maximum atomic E-state index is 12.8. The van der Waals surface area contributed by atoms with Gasteiger partial charge in [-0.3, -0.25) is 4.79 Å². The van der Waals surface area contributed by atoms with Gasteiger partial charge in [0.25, 0.3) is 0 Å². The molecule has 0 saturated carbocycles. The van der Waals surface area contributed by atoms with Gasteiger partial charge in [-0.1, -0.05) is 12.1 Å². The molecule has 1 saturated heterocycles. The first-order chi connectivity index (χ1) is 13.0. The van der Waals surface area contributed by atoms with Crippen LogP contribution >= 0.6 is 0 Å². The Morgan fingerprint density at radius 2 is 2.00 bits per heavy atom. The first-order valence-corrected chi connectivity index (χ1v) is 8.83. The summed E-state index contributed by atoms with van der Waals surface area (Å²) in [5.74, 6) is 0.693. The molecule has 1 fully saturated rings. The number of benzene rings is 1. The van der Waals surface area contributed by atoms with Crippen molar-refractivity contribution in [2.24, 2.45) is 5.92 Å². The van der Waals surface area contributed by atoms with Crippen molar-refractivity contribution in [3.63, 3.8) is 0 Å². The Balaban J connectivity index is 1.58. The summed E-state index contributed by atoms with van der Waals surface area (Å²) in [4.78, 5) is 25.1. The molecule has 1 aliphatic rings. The second kappa shape index (κ2) is 8.75. The highest BCUT2D eigenvalue weighted by atomic mass is 19.3. The maximum absolute atomic E-state index is 12.8. The first-order valence-electron chi connectivity index (χ1n) is 8.83. The van der Waals surface area contributed by atoms with E-state index in [2.05, 4.69) is 14.7 Å². The summed E-state index contributed by atoms with van der Waals surface area (Å²) in [6, 6.07) is 8.10. The van der Waals surface area contributed by atoms with Crippen LogP contribution in [-0.4, -0.2) is 47.5 Å². The third-order valence-electron chi connectivity index (χ3n) is 4.55. The predicted octanol–water partition coefficient (Wildman–Crippen LogP) is 2.95. The Morgan fingerprint density at radius 3 is 2.67 bits per heavy atom. The molecular formula is C19H22F2N4O2. The van der Waals surface area contributed by atoms with Crippen LogP contribution < -0.4 is 9.64 Å². The molecule has 1 aromatic carbocycles. The Kier molecular flexibility index (Phi) is 6.16. The number of anilines is 1. The van der Waals surface area contributed by atoms with Gasteiger partial charge in [-0.25, -0.2) is 9.97 Å². The van der Waals surface area contributed by atoms with Crippen LogP contribution in [0.1, 0.15) is 18.4 Å². The molecule has 27 heavy (non-hydrogen) atoms. The van der Waals surface area contributed by atoms with Crippen LogP contribution in [0, 0.1) is 5.92 Å². The second-order valence-corrected chi connectivity index (χ2v) is 6.55. The zero-order chi connectivity index (χ0) is 19.2. The number of amides is 1. The van der Waals surface area contributed by atoms with Crippen molar-refractivity contribution in [1.82, 2.24) is 14.9 Å². The Bertz CT molecular complexity index is 743. The van der Waals surface area contributed by atoms with Crippen molar-refractivity contribution in [2.45, 2.75) is 26.0 Å². The normalized spacial score (nSPS) is 17.0. The topological polar surface area (TPSA) is 58.6 Å². The lowest BCUT2D eigenvalue weighted by atomic mass is 9.96. The monoisotopic (exact) mass is 376 g/mol. The minimum Gasteiger partial charge on any atom is -0.435 e. The summed E-state index contributed by atoms with van der Waals surface area (Å²) < 4.78 is 28.8. The van der Waals surface area contributed by atoms with Crippen molar-refractivity contribution in [3.8, 4) is 5.75 Å². The van der Waals surface area contributed by atoms with E-state index >= 15 is 0 Å². The zero-order valence-corrected chi connectivity index (χ0v) is 15.1. The molecule has 1 atom stereocenters. The predicted molar refractivity (Wildman–Crippen MR) is 96.5 cm³/mol. The minimum absolute atomic E-state index is 0.0588. The van der Waals surface area contributed by atoms with Crippen LogP contribution in [-0.2, 0) is 11.3 Å². The number of hydrogen-bond donors (Lipinski definition) is 0. The van der Waals surface area contributed by atoms with Crippen molar-refractivity contribution >= 4 is 11.9 Å². The van der Waals surface area contributed by atoms with Crippen molar-refractivity contribution in [2.75, 3.05) is 25.0 Å². The van der Waals surface area contributed by atoms with E-state index in [4.69, 9.17) is 0 Å². The van der Waals surface area contributed by atoms with Gasteiger partial charge in [-0.05, 0) is 36.6 Å². The average molecular weight is 376 g/mol. The van der Waals surface area contributed by atoms with Gasteiger partial charge >= 0.3 is 6.61 Å². The van der Waals surface area contributed by atoms with E-state index < -0.39 is 6.61 Å². The third kappa shape index (κ3) is 5.12. The lowest BCUT2D eigenvalue weighted by molar-refractivity contribution is -0.135. The molecule has 2 aromatic rings. The number of nitrogens with zero attached hydrogens (tertiary/aromatic N) is 4. The Labute approximate surface area is 156 Å². The van der Waals surface area contributed by atoms with Crippen LogP contribution in [0.2, 0.25) is 0 Å². The lowest BCUT2D eigenvalue weighted by Gasteiger charge is -2.34. The van der Waals surface area contributed by atoms with Gasteiger partial charge in [0.05, 0.1) is 5.92 Å². The number of aromatic nitrogens is 2. The number of alkyl halides is 2. The van der Waals surface area contributed by atoms with Gasteiger partial charge in [-0.2, -0.15) is 8.78 Å². The van der Waals surface area contributed by atoms with Gasteiger partial charge < -0.3 is 14.5 Å². The fraction of sp³-hybridized carbons (Fsp3) is 0.421. The Morgan fingerprint density at radius 1 is 1.30 bits per heavy atom. The molecule has 2 heterocycles. The molecule has 0 bridgehead atoms. The molecule has 3 rings (SSSR count). The van der Waals surface area contributed by atoms with Gasteiger partial charge in [0, 0.05) is 39.1 Å². The molecule has 6 nitrogen and oxygen atoms in total. The molecule has 1 unspecified atom stereocenters. The first kappa shape index (κ1) is 19.0. The second-order valence-electron chi connectivity index (χ2n) is 6.55. The third-order valence-corrected chi connectivity index (χ3v) is 4.55. The van der Waals surface area contributed by atoms with Gasteiger partial charge in [0.1, 0.15) is 5.75 Å². The van der Waals surface area contributed by atoms with E-state index in [1.807, 2.05) is 4.90 Å². The summed E-state index contributed by atoms with van der Waals surface area (Å²) >= 11 is 0. The minimum atomic E-state index is -2.84. The summed E-state index contributed by atoms with van der Waals surface area (Å²) in [6.07, 6.45) is 5.12. The molecule has 8 heteroatoms. The summed E-state index contributed by atoms with van der Waals surface area (Å²) in [5, 5.41) is 0. The molecule has 0 radical (unpaired) electrons. The largest absolute Gasteiger partial charge is 0.435 e. The van der Waals surface area contributed by atoms with Crippen molar-refractivity contribution in [3.05, 3.63) is 48.3 Å². The Hall–Kier alpha value is -2.77. The number of halogens is 2. The van der Waals surface area contributed by atoms with Gasteiger partial charge in [0.2, 0.25) is 11.9 Å². The smallest absolute Gasteiger partial charge is 0.387 e. The molecule has 0 N–H and O–H groups in total. The molecule has 0 spiro atoms. The van der Waals surface area contributed by atoms with Gasteiger partial charge in [0.15, 0.2) is 0 Å². The zero-order valence-electron chi connectivity index (χ0n) is 15.1. The number of ether oxygens (including phenoxy) is 1. The number of piperidine rings is 1. The molecule has 1 aliphatic heterocycles. The van der Waals surface area contributed by atoms with E-state index in [1.54, 1.807) is 42.5 Å². The standard InChI is InChI=1S/C19H22F2N4O2/c1-24(12-14-5-7-16(8-6-14)27-18(20)21)17(26)15-4-2-11-25(13-15)19-22-9-3-10-23-19/h3,5-10,15,18H,2,4,11-13H2,1H3. The maximum Gasteiger partial charge on any atom is 0.387 e. The van der Waals surface area contributed by atoms with E-state index in [-0.39, 0.29) is 17.6 Å². The van der Waals surface area contributed by atoms with Crippen molar-refractivity contribution < 1.29 is 18.3 Å². The molecule has 0 aliphatic carbocycles. The highest BCUT2D eigenvalue weighted by Gasteiger charge is 2.29. The van der Waals surface area contributed by atoms with E-state index in [0.29, 0.717) is 19.0 Å². The molecule has 144 valence electrons. The molecular weight excluding hydrogens is 354 g/mol. The van der Waals surface area contributed by atoms with Crippen LogP contribution in [0.5, 0.6) is 5.75 Å². The summed E-state index contributed by atoms with van der Waals surface area (Å²) in [5.41, 5.74) is 0.853. The highest BCUT2D eigenvalue weighted by Crippen LogP contribution is 2.22. The lowest BCUT2D eigenvalue weighted by Crippen LogP contribution is -2.44. The van der Waals surface area contributed by atoms with E-state index in [9.17, 15) is 13.6 Å². The summed E-state index contributed by atoms with van der Waals surface area (Å²) in [7, 11) is 1.75. The van der Waals surface area contributed by atoms with Crippen molar-refractivity contribution in [1.29, 1.82) is 0 Å². The highest BCUT2D eigenvalue weighted by molar-refractivity contribution is 5.79. The summed E-state index contributed by atoms with van der Waals surface area (Å²) in [6.45, 7) is -1.01. The quantitative estimate of drug-likeness (QED) is 0.776. The van der Waals surface area contributed by atoms with Crippen LogP contribution in [0.25, 0.3) is 0 Å². The number of rotatable bonds is 6. The molecule has 1 aromatic heterocycles. The van der Waals surface area contributed by atoms with Crippen LogP contribution in [0.4, 0.5) is 14.7 Å². The van der Waals surface area contributed by atoms with Gasteiger partial charge in [-0.15, -0.1) is 0 Å². The van der Waals surface area contributed by atoms with Crippen LogP contribution in [0.15, 0.2) is 42.7 Å². The fourth-order valence-electron chi connectivity index (χ4n) is 3.25. The molecule has 1 amide bonds. The van der Waals surface area contributed by atoms with E-state index in [0.717, 1.165) is 24.9 Å². The SMILES string of the molecule is CN(Cc1ccc(OC(F)F)cc1)C(=O)C1CCCN(c2ncccn2)C1. The fourth-order valence-corrected chi connectivity index (χ4v) is 3.25.